The van der Waals surface area contributed by atoms with Gasteiger partial charge in [-0.1, -0.05) is 36.5 Å². The van der Waals surface area contributed by atoms with Gasteiger partial charge < -0.3 is 10.6 Å². The van der Waals surface area contributed by atoms with Crippen molar-refractivity contribution in [3.8, 4) is 0 Å². The summed E-state index contributed by atoms with van der Waals surface area (Å²) in [5, 5.41) is 0. The first-order valence-electron chi connectivity index (χ1n) is 6.83. The number of hydrogen-bond acceptors (Lipinski definition) is 2. The fourth-order valence-electron chi connectivity index (χ4n) is 2.39. The van der Waals surface area contributed by atoms with Gasteiger partial charge in [-0.2, -0.15) is 0 Å². The maximum absolute atomic E-state index is 12.0. The first-order valence-corrected chi connectivity index (χ1v) is 7.24. The van der Waals surface area contributed by atoms with Gasteiger partial charge in [-0.3, -0.25) is 4.79 Å². The number of nitrogens with zero attached hydrogens (tertiary/aromatic N) is 1. The van der Waals surface area contributed by atoms with E-state index in [1.807, 2.05) is 29.2 Å². The molecule has 0 bridgehead atoms. The van der Waals surface area contributed by atoms with Crippen LogP contribution in [0.5, 0.6) is 0 Å². The number of thiocarbonyl (C=S) groups is 1. The minimum atomic E-state index is 0.276. The number of carbonyl (C=O) groups is 1. The van der Waals surface area contributed by atoms with Gasteiger partial charge in [0.15, 0.2) is 0 Å². The molecule has 2 rings (SSSR count). The highest BCUT2D eigenvalue weighted by atomic mass is 32.1. The zero-order valence-electron chi connectivity index (χ0n) is 11.1. The fourth-order valence-corrected chi connectivity index (χ4v) is 2.52. The number of carbonyl (C=O) groups excluding carboxylic acids is 1. The van der Waals surface area contributed by atoms with Crippen LogP contribution in [0.3, 0.4) is 0 Å². The topological polar surface area (TPSA) is 46.3 Å². The highest BCUT2D eigenvalue weighted by Gasteiger charge is 2.15. The van der Waals surface area contributed by atoms with Crippen LogP contribution in [0.4, 0.5) is 0 Å². The first-order chi connectivity index (χ1) is 9.16. The molecular weight excluding hydrogens is 256 g/mol. The Morgan fingerprint density at radius 2 is 1.79 bits per heavy atom. The molecule has 1 fully saturated rings. The van der Waals surface area contributed by atoms with Gasteiger partial charge >= 0.3 is 0 Å². The summed E-state index contributed by atoms with van der Waals surface area (Å²) in [6.07, 6.45) is 4.92. The summed E-state index contributed by atoms with van der Waals surface area (Å²) in [6.45, 7) is 1.86. The number of piperidine rings is 1. The molecule has 0 aliphatic carbocycles. The summed E-state index contributed by atoms with van der Waals surface area (Å²) in [5.74, 6) is 0.276. The van der Waals surface area contributed by atoms with Crippen LogP contribution < -0.4 is 5.73 Å². The van der Waals surface area contributed by atoms with Gasteiger partial charge in [-0.15, -0.1) is 0 Å². The Hall–Kier alpha value is -1.42. The third-order valence-corrected chi connectivity index (χ3v) is 3.81. The summed E-state index contributed by atoms with van der Waals surface area (Å²) in [5.41, 5.74) is 7.59. The number of benzene rings is 1. The Morgan fingerprint density at radius 1 is 1.16 bits per heavy atom. The lowest BCUT2D eigenvalue weighted by Gasteiger charge is -2.26. The predicted octanol–water partition coefficient (Wildman–Crippen LogP) is 2.27. The van der Waals surface area contributed by atoms with E-state index in [9.17, 15) is 4.79 Å². The molecule has 0 radical (unpaired) electrons. The second-order valence-electron chi connectivity index (χ2n) is 5.00. The average molecular weight is 276 g/mol. The van der Waals surface area contributed by atoms with Crippen molar-refractivity contribution in [2.75, 3.05) is 13.1 Å². The molecule has 1 saturated heterocycles. The van der Waals surface area contributed by atoms with Crippen molar-refractivity contribution in [3.63, 3.8) is 0 Å². The van der Waals surface area contributed by atoms with Crippen LogP contribution in [0.1, 0.15) is 36.8 Å². The van der Waals surface area contributed by atoms with Crippen molar-refractivity contribution in [2.24, 2.45) is 5.73 Å². The lowest BCUT2D eigenvalue weighted by Crippen LogP contribution is -2.35. The van der Waals surface area contributed by atoms with Crippen molar-refractivity contribution in [1.82, 2.24) is 4.90 Å². The monoisotopic (exact) mass is 276 g/mol. The van der Waals surface area contributed by atoms with E-state index in [0.29, 0.717) is 11.4 Å². The summed E-state index contributed by atoms with van der Waals surface area (Å²) >= 11 is 4.91. The van der Waals surface area contributed by atoms with Crippen LogP contribution in [-0.2, 0) is 11.2 Å². The van der Waals surface area contributed by atoms with E-state index in [0.717, 1.165) is 43.5 Å². The number of likely N-dealkylation sites (tertiary alicyclic amines) is 1. The minimum absolute atomic E-state index is 0.276. The van der Waals surface area contributed by atoms with Crippen LogP contribution >= 0.6 is 12.2 Å². The maximum atomic E-state index is 12.0. The molecule has 1 aromatic carbocycles. The molecule has 0 spiro atoms. The van der Waals surface area contributed by atoms with Crippen molar-refractivity contribution >= 4 is 23.1 Å². The highest BCUT2D eigenvalue weighted by molar-refractivity contribution is 7.80. The smallest absolute Gasteiger partial charge is 0.222 e. The molecule has 1 aliphatic rings. The van der Waals surface area contributed by atoms with Gasteiger partial charge in [0.25, 0.3) is 0 Å². The summed E-state index contributed by atoms with van der Waals surface area (Å²) in [7, 11) is 0. The molecule has 4 heteroatoms. The molecule has 0 aromatic heterocycles. The Balaban J connectivity index is 1.84. The molecule has 0 saturated carbocycles. The maximum Gasteiger partial charge on any atom is 0.222 e. The summed E-state index contributed by atoms with van der Waals surface area (Å²) in [4.78, 5) is 14.4. The van der Waals surface area contributed by atoms with Gasteiger partial charge in [0.2, 0.25) is 5.91 Å². The van der Waals surface area contributed by atoms with E-state index >= 15 is 0 Å². The summed E-state index contributed by atoms with van der Waals surface area (Å²) < 4.78 is 0. The van der Waals surface area contributed by atoms with Crippen LogP contribution in [0, 0.1) is 0 Å². The van der Waals surface area contributed by atoms with Crippen LogP contribution in [-0.4, -0.2) is 28.9 Å². The van der Waals surface area contributed by atoms with Gasteiger partial charge in [0.1, 0.15) is 4.99 Å². The molecule has 1 heterocycles. The van der Waals surface area contributed by atoms with Gasteiger partial charge in [0, 0.05) is 25.1 Å². The van der Waals surface area contributed by atoms with E-state index < -0.39 is 0 Å². The SMILES string of the molecule is NC(=S)c1ccc(CCC(=O)N2CCCCC2)cc1. The van der Waals surface area contributed by atoms with Gasteiger partial charge in [-0.05, 0) is 31.2 Å². The van der Waals surface area contributed by atoms with E-state index in [4.69, 9.17) is 18.0 Å². The van der Waals surface area contributed by atoms with Gasteiger partial charge in [0.05, 0.1) is 0 Å². The van der Waals surface area contributed by atoms with Crippen LogP contribution in [0.25, 0.3) is 0 Å². The molecule has 3 nitrogen and oxygen atoms in total. The third-order valence-electron chi connectivity index (χ3n) is 3.57. The fraction of sp³-hybridized carbons (Fsp3) is 0.467. The highest BCUT2D eigenvalue weighted by Crippen LogP contribution is 2.12. The number of nitrogens with two attached hydrogens (primary N) is 1. The third kappa shape index (κ3) is 4.03. The van der Waals surface area contributed by atoms with E-state index in [2.05, 4.69) is 0 Å². The molecule has 0 unspecified atom stereocenters. The largest absolute Gasteiger partial charge is 0.389 e. The van der Waals surface area contributed by atoms with Crippen molar-refractivity contribution in [2.45, 2.75) is 32.1 Å². The molecule has 102 valence electrons. The quantitative estimate of drug-likeness (QED) is 0.858. The Bertz CT molecular complexity index is 450. The van der Waals surface area contributed by atoms with E-state index in [1.54, 1.807) is 0 Å². The Morgan fingerprint density at radius 3 is 2.37 bits per heavy atom. The second kappa shape index (κ2) is 6.66. The first kappa shape index (κ1) is 14.0. The number of hydrogen-bond donors (Lipinski definition) is 1. The Labute approximate surface area is 119 Å². The number of aryl methyl sites for hydroxylation is 1. The van der Waals surface area contributed by atoms with Gasteiger partial charge in [-0.25, -0.2) is 0 Å². The normalized spacial score (nSPS) is 15.3. The zero-order chi connectivity index (χ0) is 13.7. The molecule has 2 N–H and O–H groups in total. The number of rotatable bonds is 4. The van der Waals surface area contributed by atoms with E-state index in [1.165, 1.54) is 6.42 Å². The average Bonchev–Trinajstić information content (AvgIpc) is 2.46. The summed E-state index contributed by atoms with van der Waals surface area (Å²) in [6, 6.07) is 7.84. The van der Waals surface area contributed by atoms with Crippen molar-refractivity contribution in [1.29, 1.82) is 0 Å². The van der Waals surface area contributed by atoms with E-state index in [-0.39, 0.29) is 5.91 Å². The Kier molecular flexibility index (Phi) is 4.91. The van der Waals surface area contributed by atoms with Crippen molar-refractivity contribution < 1.29 is 4.79 Å². The second-order valence-corrected chi connectivity index (χ2v) is 5.44. The van der Waals surface area contributed by atoms with Crippen molar-refractivity contribution in [3.05, 3.63) is 35.4 Å². The van der Waals surface area contributed by atoms with Crippen LogP contribution in [0.15, 0.2) is 24.3 Å². The van der Waals surface area contributed by atoms with Crippen LogP contribution in [0.2, 0.25) is 0 Å². The molecular formula is C15H20N2OS. The standard InChI is InChI=1S/C15H20N2OS/c16-15(19)13-7-4-12(5-8-13)6-9-14(18)17-10-2-1-3-11-17/h4-5,7-8H,1-3,6,9-11H2,(H2,16,19). The zero-order valence-corrected chi connectivity index (χ0v) is 11.9. The lowest BCUT2D eigenvalue weighted by molar-refractivity contribution is -0.132. The minimum Gasteiger partial charge on any atom is -0.389 e. The molecule has 1 aliphatic heterocycles. The molecule has 0 atom stereocenters. The molecule has 1 aromatic rings. The molecule has 1 amide bonds. The predicted molar refractivity (Wildman–Crippen MR) is 81.1 cm³/mol. The molecule has 19 heavy (non-hydrogen) atoms. The lowest BCUT2D eigenvalue weighted by atomic mass is 10.1. The number of amides is 1.